The van der Waals surface area contributed by atoms with Crippen LogP contribution in [-0.2, 0) is 0 Å². The Labute approximate surface area is 45.1 Å². The first-order valence-electron chi connectivity index (χ1n) is 1.79. The van der Waals surface area contributed by atoms with Crippen LogP contribution in [0, 0.1) is 0 Å². The Morgan fingerprint density at radius 1 is 1.83 bits per heavy atom. The molecule has 0 fully saturated rings. The SMILES string of the molecule is C=C(C)[Si](C)Cl. The molecule has 1 radical (unpaired) electrons. The van der Waals surface area contributed by atoms with Gasteiger partial charge in [-0.1, -0.05) is 11.7 Å². The van der Waals surface area contributed by atoms with E-state index in [-0.39, 0.29) is 0 Å². The van der Waals surface area contributed by atoms with Crippen molar-refractivity contribution >= 4 is 19.2 Å². The van der Waals surface area contributed by atoms with Crippen LogP contribution in [0.5, 0.6) is 0 Å². The maximum absolute atomic E-state index is 5.61. The molecule has 0 aliphatic carbocycles. The molecule has 2 heteroatoms. The lowest BCUT2D eigenvalue weighted by molar-refractivity contribution is 1.68. The van der Waals surface area contributed by atoms with Crippen LogP contribution in [0.2, 0.25) is 6.55 Å². The first-order valence-corrected chi connectivity index (χ1v) is 4.80. The zero-order chi connectivity index (χ0) is 5.15. The molecule has 0 aromatic carbocycles. The molecule has 0 heterocycles. The maximum Gasteiger partial charge on any atom is 0.191 e. The number of halogens is 1. The van der Waals surface area contributed by atoms with E-state index in [1.54, 1.807) is 0 Å². The van der Waals surface area contributed by atoms with Crippen molar-refractivity contribution in [3.8, 4) is 0 Å². The maximum atomic E-state index is 5.61. The van der Waals surface area contributed by atoms with Gasteiger partial charge in [-0.2, -0.15) is 11.1 Å². The minimum absolute atomic E-state index is 0.674. The molecular weight excluding hydrogens is 112 g/mol. The summed E-state index contributed by atoms with van der Waals surface area (Å²) in [5.41, 5.74) is 0. The summed E-state index contributed by atoms with van der Waals surface area (Å²) in [7, 11) is -0.674. The lowest BCUT2D eigenvalue weighted by Crippen LogP contribution is -1.94. The van der Waals surface area contributed by atoms with Gasteiger partial charge in [0, 0.05) is 0 Å². The second-order valence-electron chi connectivity index (χ2n) is 1.31. The largest absolute Gasteiger partial charge is 0.191 e. The second-order valence-corrected chi connectivity index (χ2v) is 4.94. The highest BCUT2D eigenvalue weighted by molar-refractivity contribution is 7.10. The highest BCUT2D eigenvalue weighted by Crippen LogP contribution is 1.97. The van der Waals surface area contributed by atoms with E-state index in [2.05, 4.69) is 6.58 Å². The molecule has 0 amide bonds. The summed E-state index contributed by atoms with van der Waals surface area (Å²) < 4.78 is 0. The van der Waals surface area contributed by atoms with Crippen molar-refractivity contribution in [3.05, 3.63) is 11.8 Å². The van der Waals surface area contributed by atoms with Gasteiger partial charge in [0.25, 0.3) is 0 Å². The van der Waals surface area contributed by atoms with Crippen molar-refractivity contribution in [1.82, 2.24) is 0 Å². The summed E-state index contributed by atoms with van der Waals surface area (Å²) in [5.74, 6) is 0. The smallest absolute Gasteiger partial charge is 0.163 e. The lowest BCUT2D eigenvalue weighted by Gasteiger charge is -1.91. The van der Waals surface area contributed by atoms with Gasteiger partial charge in [0.2, 0.25) is 0 Å². The Morgan fingerprint density at radius 2 is 2.00 bits per heavy atom. The fourth-order valence-electron chi connectivity index (χ4n) is 0. The Bertz CT molecular complexity index is 58.6. The van der Waals surface area contributed by atoms with E-state index in [4.69, 9.17) is 11.1 Å². The van der Waals surface area contributed by atoms with Gasteiger partial charge in [-0.3, -0.25) is 0 Å². The van der Waals surface area contributed by atoms with Gasteiger partial charge in [-0.05, 0) is 6.92 Å². The zero-order valence-corrected chi connectivity index (χ0v) is 5.84. The van der Waals surface area contributed by atoms with E-state index >= 15 is 0 Å². The van der Waals surface area contributed by atoms with Gasteiger partial charge in [-0.25, -0.2) is 0 Å². The zero-order valence-electron chi connectivity index (χ0n) is 4.09. The summed E-state index contributed by atoms with van der Waals surface area (Å²) in [4.78, 5) is 0. The summed E-state index contributed by atoms with van der Waals surface area (Å²) in [6.07, 6.45) is 0. The topological polar surface area (TPSA) is 0 Å². The minimum Gasteiger partial charge on any atom is -0.163 e. The average molecular weight is 120 g/mol. The fraction of sp³-hybridized carbons (Fsp3) is 0.500. The first-order chi connectivity index (χ1) is 2.64. The molecule has 35 valence electrons. The summed E-state index contributed by atoms with van der Waals surface area (Å²) in [5, 5.41) is 1.13. The van der Waals surface area contributed by atoms with Gasteiger partial charge in [0.05, 0.1) is 0 Å². The minimum atomic E-state index is -0.674. The number of hydrogen-bond donors (Lipinski definition) is 0. The summed E-state index contributed by atoms with van der Waals surface area (Å²) >= 11 is 5.61. The van der Waals surface area contributed by atoms with E-state index in [1.807, 2.05) is 13.5 Å². The highest BCUT2D eigenvalue weighted by atomic mass is 35.6. The van der Waals surface area contributed by atoms with Crippen LogP contribution in [0.3, 0.4) is 0 Å². The number of hydrogen-bond acceptors (Lipinski definition) is 0. The molecule has 0 aliphatic rings. The van der Waals surface area contributed by atoms with Crippen LogP contribution < -0.4 is 0 Å². The van der Waals surface area contributed by atoms with Gasteiger partial charge in [0.1, 0.15) is 0 Å². The van der Waals surface area contributed by atoms with Crippen LogP contribution in [0.25, 0.3) is 0 Å². The average Bonchev–Trinajstić information content (AvgIpc) is 1.36. The van der Waals surface area contributed by atoms with E-state index in [1.165, 1.54) is 0 Å². The number of rotatable bonds is 1. The molecule has 0 aliphatic heterocycles. The Balaban J connectivity index is 3.26. The molecule has 0 atom stereocenters. The van der Waals surface area contributed by atoms with Crippen LogP contribution >= 0.6 is 11.1 Å². The monoisotopic (exact) mass is 119 g/mol. The van der Waals surface area contributed by atoms with Gasteiger partial charge in [0.15, 0.2) is 8.11 Å². The normalized spacial score (nSPS) is 9.33. The van der Waals surface area contributed by atoms with Crippen molar-refractivity contribution in [2.75, 3.05) is 0 Å². The molecule has 0 spiro atoms. The van der Waals surface area contributed by atoms with Crippen molar-refractivity contribution in [1.29, 1.82) is 0 Å². The lowest BCUT2D eigenvalue weighted by atomic mass is 10.8. The predicted octanol–water partition coefficient (Wildman–Crippen LogP) is 1.96. The van der Waals surface area contributed by atoms with E-state index in [0.29, 0.717) is 0 Å². The van der Waals surface area contributed by atoms with Crippen LogP contribution in [0.15, 0.2) is 11.8 Å². The summed E-state index contributed by atoms with van der Waals surface area (Å²) in [6.45, 7) is 7.64. The predicted molar refractivity (Wildman–Crippen MR) is 32.3 cm³/mol. The molecule has 0 unspecified atom stereocenters. The third kappa shape index (κ3) is 2.48. The Kier molecular flexibility index (Phi) is 2.52. The van der Waals surface area contributed by atoms with Crippen LogP contribution in [0.1, 0.15) is 6.92 Å². The van der Waals surface area contributed by atoms with Gasteiger partial charge >= 0.3 is 0 Å². The van der Waals surface area contributed by atoms with E-state index in [0.717, 1.165) is 5.20 Å². The molecule has 0 saturated carbocycles. The molecule has 0 saturated heterocycles. The van der Waals surface area contributed by atoms with E-state index in [9.17, 15) is 0 Å². The molecule has 0 aromatic heterocycles. The van der Waals surface area contributed by atoms with Gasteiger partial charge < -0.3 is 0 Å². The molecule has 0 nitrogen and oxygen atoms in total. The molecule has 0 aromatic rings. The first kappa shape index (κ1) is 6.25. The van der Waals surface area contributed by atoms with Crippen LogP contribution in [0.4, 0.5) is 0 Å². The fourth-order valence-corrected chi connectivity index (χ4v) is 0. The van der Waals surface area contributed by atoms with Crippen molar-refractivity contribution in [2.24, 2.45) is 0 Å². The highest BCUT2D eigenvalue weighted by Gasteiger charge is 1.95. The van der Waals surface area contributed by atoms with E-state index < -0.39 is 8.11 Å². The third-order valence-corrected chi connectivity index (χ3v) is 2.73. The molecular formula is C4H8ClSi. The quantitative estimate of drug-likeness (QED) is 0.366. The van der Waals surface area contributed by atoms with Crippen molar-refractivity contribution < 1.29 is 0 Å². The molecule has 0 rings (SSSR count). The Morgan fingerprint density at radius 3 is 2.00 bits per heavy atom. The third-order valence-electron chi connectivity index (χ3n) is 0.588. The second kappa shape index (κ2) is 2.43. The van der Waals surface area contributed by atoms with Crippen molar-refractivity contribution in [2.45, 2.75) is 13.5 Å². The van der Waals surface area contributed by atoms with Gasteiger partial charge in [-0.15, -0.1) is 6.58 Å². The van der Waals surface area contributed by atoms with Crippen LogP contribution in [-0.4, -0.2) is 8.11 Å². The van der Waals surface area contributed by atoms with Crippen molar-refractivity contribution in [3.63, 3.8) is 0 Å². The molecule has 6 heavy (non-hydrogen) atoms. The molecule has 0 N–H and O–H groups in total. The standard InChI is InChI=1S/C4H8ClSi/c1-4(2)6(3)5/h1H2,2-3H3. The molecule has 0 bridgehead atoms. The number of allylic oxidation sites excluding steroid dienone is 1. The Hall–Kier alpha value is 0.247. The summed E-state index contributed by atoms with van der Waals surface area (Å²) in [6, 6.07) is 0.